The zero-order valence-corrected chi connectivity index (χ0v) is 13.4. The van der Waals surface area contributed by atoms with Gasteiger partial charge in [0.05, 0.1) is 17.3 Å². The van der Waals surface area contributed by atoms with Crippen LogP contribution in [0.3, 0.4) is 0 Å². The molecule has 0 fully saturated rings. The van der Waals surface area contributed by atoms with Crippen molar-refractivity contribution in [1.29, 1.82) is 0 Å². The van der Waals surface area contributed by atoms with Crippen molar-refractivity contribution in [1.82, 2.24) is 15.5 Å². The number of aromatic nitrogens is 2. The van der Waals surface area contributed by atoms with Gasteiger partial charge in [-0.3, -0.25) is 9.89 Å². The average Bonchev–Trinajstić information content (AvgIpc) is 2.76. The number of nitrogens with one attached hydrogen (secondary N) is 2. The van der Waals surface area contributed by atoms with E-state index < -0.39 is 0 Å². The Labute approximate surface area is 127 Å². The van der Waals surface area contributed by atoms with E-state index in [-0.39, 0.29) is 11.9 Å². The molecule has 5 heteroatoms. The molecule has 2 rings (SSSR count). The van der Waals surface area contributed by atoms with Crippen molar-refractivity contribution < 1.29 is 4.79 Å². The molecule has 1 aromatic heterocycles. The predicted octanol–water partition coefficient (Wildman–Crippen LogP) is 3.67. The summed E-state index contributed by atoms with van der Waals surface area (Å²) in [6.07, 6.45) is 0.837. The van der Waals surface area contributed by atoms with Gasteiger partial charge >= 0.3 is 0 Å². The Kier molecular flexibility index (Phi) is 4.60. The number of rotatable bonds is 4. The minimum atomic E-state index is -0.0801. The van der Waals surface area contributed by atoms with Crippen LogP contribution in [0.5, 0.6) is 0 Å². The Morgan fingerprint density at radius 3 is 2.50 bits per heavy atom. The summed E-state index contributed by atoms with van der Waals surface area (Å²) in [6.45, 7) is 5.75. The Hall–Kier alpha value is -1.62. The standard InChI is InChI=1S/C15H18BrN3O/c1-4-13(11-5-7-12(16)8-6-11)17-15(20)14-9(2)18-19-10(14)3/h5-8,13H,4H2,1-3H3,(H,17,20)(H,18,19). The molecule has 1 atom stereocenters. The number of benzene rings is 1. The molecule has 2 N–H and O–H groups in total. The van der Waals surface area contributed by atoms with Crippen LogP contribution in [-0.2, 0) is 0 Å². The van der Waals surface area contributed by atoms with Gasteiger partial charge in [-0.1, -0.05) is 35.0 Å². The van der Waals surface area contributed by atoms with Crippen molar-refractivity contribution in [2.24, 2.45) is 0 Å². The lowest BCUT2D eigenvalue weighted by Crippen LogP contribution is -2.28. The molecule has 0 bridgehead atoms. The SMILES string of the molecule is CCC(NC(=O)c1c(C)n[nH]c1C)c1ccc(Br)cc1. The molecule has 2 aromatic rings. The fourth-order valence-electron chi connectivity index (χ4n) is 2.23. The maximum atomic E-state index is 12.4. The van der Waals surface area contributed by atoms with Crippen molar-refractivity contribution >= 4 is 21.8 Å². The molecule has 1 unspecified atom stereocenters. The van der Waals surface area contributed by atoms with E-state index in [9.17, 15) is 4.79 Å². The molecule has 20 heavy (non-hydrogen) atoms. The normalized spacial score (nSPS) is 12.2. The largest absolute Gasteiger partial charge is 0.345 e. The van der Waals surface area contributed by atoms with Crippen LogP contribution in [0.15, 0.2) is 28.7 Å². The third-order valence-corrected chi connectivity index (χ3v) is 3.87. The van der Waals surface area contributed by atoms with E-state index in [1.54, 1.807) is 0 Å². The third-order valence-electron chi connectivity index (χ3n) is 3.34. The molecule has 0 radical (unpaired) electrons. The van der Waals surface area contributed by atoms with Crippen molar-refractivity contribution in [3.05, 3.63) is 51.3 Å². The van der Waals surface area contributed by atoms with Crippen LogP contribution in [0.4, 0.5) is 0 Å². The Morgan fingerprint density at radius 2 is 2.00 bits per heavy atom. The number of amides is 1. The Morgan fingerprint density at radius 1 is 1.35 bits per heavy atom. The highest BCUT2D eigenvalue weighted by Crippen LogP contribution is 2.20. The number of H-pyrrole nitrogens is 1. The number of nitrogens with zero attached hydrogens (tertiary/aromatic N) is 1. The van der Waals surface area contributed by atoms with Crippen molar-refractivity contribution in [2.75, 3.05) is 0 Å². The molecular formula is C15H18BrN3O. The summed E-state index contributed by atoms with van der Waals surface area (Å²) in [5.41, 5.74) is 3.26. The second kappa shape index (κ2) is 6.22. The molecule has 1 aromatic carbocycles. The van der Waals surface area contributed by atoms with E-state index in [1.165, 1.54) is 0 Å². The van der Waals surface area contributed by atoms with E-state index in [4.69, 9.17) is 0 Å². The first-order valence-corrected chi connectivity index (χ1v) is 7.40. The fraction of sp³-hybridized carbons (Fsp3) is 0.333. The summed E-state index contributed by atoms with van der Waals surface area (Å²) in [6, 6.07) is 8.02. The third kappa shape index (κ3) is 3.10. The Balaban J connectivity index is 2.18. The molecule has 1 heterocycles. The maximum absolute atomic E-state index is 12.4. The lowest BCUT2D eigenvalue weighted by atomic mass is 10.0. The average molecular weight is 336 g/mol. The minimum Gasteiger partial charge on any atom is -0.345 e. The van der Waals surface area contributed by atoms with Crippen molar-refractivity contribution in [3.63, 3.8) is 0 Å². The van der Waals surface area contributed by atoms with Gasteiger partial charge in [-0.15, -0.1) is 0 Å². The molecule has 0 saturated carbocycles. The lowest BCUT2D eigenvalue weighted by molar-refractivity contribution is 0.0934. The number of aromatic amines is 1. The van der Waals surface area contributed by atoms with E-state index in [1.807, 2.05) is 38.1 Å². The maximum Gasteiger partial charge on any atom is 0.255 e. The van der Waals surface area contributed by atoms with Gasteiger partial charge in [-0.2, -0.15) is 5.10 Å². The first-order valence-electron chi connectivity index (χ1n) is 6.60. The number of aryl methyl sites for hydroxylation is 2. The highest BCUT2D eigenvalue weighted by molar-refractivity contribution is 9.10. The van der Waals surface area contributed by atoms with Crippen LogP contribution >= 0.6 is 15.9 Å². The molecule has 4 nitrogen and oxygen atoms in total. The molecule has 106 valence electrons. The number of carbonyl (C=O) groups is 1. The molecule has 0 aliphatic heterocycles. The summed E-state index contributed by atoms with van der Waals surface area (Å²) >= 11 is 3.42. The van der Waals surface area contributed by atoms with Crippen LogP contribution in [0.2, 0.25) is 0 Å². The lowest BCUT2D eigenvalue weighted by Gasteiger charge is -2.17. The fourth-order valence-corrected chi connectivity index (χ4v) is 2.50. The summed E-state index contributed by atoms with van der Waals surface area (Å²) in [5, 5.41) is 9.97. The van der Waals surface area contributed by atoms with Gasteiger partial charge < -0.3 is 5.32 Å². The second-order valence-electron chi connectivity index (χ2n) is 4.79. The van der Waals surface area contributed by atoms with Gasteiger partial charge in [0.15, 0.2) is 0 Å². The quantitative estimate of drug-likeness (QED) is 0.895. The van der Waals surface area contributed by atoms with Crippen molar-refractivity contribution in [2.45, 2.75) is 33.2 Å². The molecule has 1 amide bonds. The second-order valence-corrected chi connectivity index (χ2v) is 5.71. The van der Waals surface area contributed by atoms with E-state index in [2.05, 4.69) is 38.4 Å². The number of carbonyl (C=O) groups excluding carboxylic acids is 1. The van der Waals surface area contributed by atoms with Crippen LogP contribution in [0, 0.1) is 13.8 Å². The summed E-state index contributed by atoms with van der Waals surface area (Å²) in [4.78, 5) is 12.4. The van der Waals surface area contributed by atoms with Gasteiger partial charge in [0.25, 0.3) is 5.91 Å². The first-order chi connectivity index (χ1) is 9.52. The van der Waals surface area contributed by atoms with E-state index >= 15 is 0 Å². The van der Waals surface area contributed by atoms with Crippen LogP contribution in [0.1, 0.15) is 46.7 Å². The molecule has 0 saturated heterocycles. The number of hydrogen-bond donors (Lipinski definition) is 2. The van der Waals surface area contributed by atoms with Gasteiger partial charge in [-0.25, -0.2) is 0 Å². The zero-order chi connectivity index (χ0) is 14.7. The predicted molar refractivity (Wildman–Crippen MR) is 82.7 cm³/mol. The van der Waals surface area contributed by atoms with Crippen LogP contribution in [-0.4, -0.2) is 16.1 Å². The summed E-state index contributed by atoms with van der Waals surface area (Å²) < 4.78 is 1.03. The van der Waals surface area contributed by atoms with Gasteiger partial charge in [-0.05, 0) is 38.0 Å². The van der Waals surface area contributed by atoms with Crippen LogP contribution < -0.4 is 5.32 Å². The highest BCUT2D eigenvalue weighted by atomic mass is 79.9. The minimum absolute atomic E-state index is 0.00398. The Bertz CT molecular complexity index is 585. The zero-order valence-electron chi connectivity index (χ0n) is 11.8. The summed E-state index contributed by atoms with van der Waals surface area (Å²) in [5.74, 6) is -0.0801. The smallest absolute Gasteiger partial charge is 0.255 e. The van der Waals surface area contributed by atoms with E-state index in [0.29, 0.717) is 5.56 Å². The van der Waals surface area contributed by atoms with Crippen LogP contribution in [0.25, 0.3) is 0 Å². The van der Waals surface area contributed by atoms with Gasteiger partial charge in [0.2, 0.25) is 0 Å². The topological polar surface area (TPSA) is 57.8 Å². The summed E-state index contributed by atoms with van der Waals surface area (Å²) in [7, 11) is 0. The molecular weight excluding hydrogens is 318 g/mol. The number of hydrogen-bond acceptors (Lipinski definition) is 2. The van der Waals surface area contributed by atoms with Crippen molar-refractivity contribution in [3.8, 4) is 0 Å². The van der Waals surface area contributed by atoms with E-state index in [0.717, 1.165) is 27.8 Å². The molecule has 0 aliphatic carbocycles. The molecule has 0 aliphatic rings. The monoisotopic (exact) mass is 335 g/mol. The van der Waals surface area contributed by atoms with Gasteiger partial charge in [0.1, 0.15) is 0 Å². The first kappa shape index (κ1) is 14.8. The number of halogens is 1. The highest BCUT2D eigenvalue weighted by Gasteiger charge is 2.19. The van der Waals surface area contributed by atoms with Gasteiger partial charge in [0, 0.05) is 10.2 Å². The molecule has 0 spiro atoms.